The van der Waals surface area contributed by atoms with E-state index < -0.39 is 8.72 Å². The largest absolute Gasteiger partial charge is 0.423 e. The Morgan fingerprint density at radius 3 is 2.33 bits per heavy atom. The van der Waals surface area contributed by atoms with Crippen LogP contribution in [-0.2, 0) is 8.85 Å². The summed E-state index contributed by atoms with van der Waals surface area (Å²) in [6.07, 6.45) is 0.634. The predicted octanol–water partition coefficient (Wildman–Crippen LogP) is 0.652. The van der Waals surface area contributed by atoms with Gasteiger partial charge in [-0.05, 0) is 13.8 Å². The van der Waals surface area contributed by atoms with Crippen LogP contribution in [0, 0.1) is 0 Å². The summed E-state index contributed by atoms with van der Waals surface area (Å²) < 4.78 is 10.8. The van der Waals surface area contributed by atoms with Gasteiger partial charge in [0, 0.05) is 12.7 Å². The fourth-order valence-electron chi connectivity index (χ4n) is 1.07. The molecule has 0 aromatic carbocycles. The Labute approximate surface area is 75.5 Å². The SMILES string of the molecule is CCC[Si](N)(OCC)OC(C)N. The molecule has 0 radical (unpaired) electrons. The highest BCUT2D eigenvalue weighted by atomic mass is 28.4. The topological polar surface area (TPSA) is 70.5 Å². The van der Waals surface area contributed by atoms with E-state index in [1.54, 1.807) is 6.92 Å². The van der Waals surface area contributed by atoms with Crippen LogP contribution in [0.2, 0.25) is 6.04 Å². The van der Waals surface area contributed by atoms with Gasteiger partial charge in [-0.15, -0.1) is 0 Å². The van der Waals surface area contributed by atoms with E-state index in [1.807, 2.05) is 6.92 Å². The first-order valence-electron chi connectivity index (χ1n) is 4.40. The second kappa shape index (κ2) is 5.66. The highest BCUT2D eigenvalue weighted by molar-refractivity contribution is 6.64. The lowest BCUT2D eigenvalue weighted by molar-refractivity contribution is 0.130. The number of hydrogen-bond donors (Lipinski definition) is 2. The molecule has 0 saturated carbocycles. The fraction of sp³-hybridized carbons (Fsp3) is 1.00. The molecule has 74 valence electrons. The predicted molar refractivity (Wildman–Crippen MR) is 51.4 cm³/mol. The molecule has 0 aromatic heterocycles. The molecular weight excluding hydrogens is 172 g/mol. The minimum absolute atomic E-state index is 0.334. The Kier molecular flexibility index (Phi) is 5.69. The van der Waals surface area contributed by atoms with E-state index in [1.165, 1.54) is 0 Å². The summed E-state index contributed by atoms with van der Waals surface area (Å²) in [4.78, 5) is 0. The van der Waals surface area contributed by atoms with Gasteiger partial charge in [-0.2, -0.15) is 0 Å². The highest BCUT2D eigenvalue weighted by Gasteiger charge is 2.33. The van der Waals surface area contributed by atoms with Crippen molar-refractivity contribution in [1.82, 2.24) is 0 Å². The van der Waals surface area contributed by atoms with Crippen molar-refractivity contribution in [3.8, 4) is 0 Å². The van der Waals surface area contributed by atoms with Gasteiger partial charge in [0.15, 0.2) is 0 Å². The van der Waals surface area contributed by atoms with Crippen molar-refractivity contribution in [1.29, 1.82) is 0 Å². The Morgan fingerprint density at radius 2 is 2.00 bits per heavy atom. The summed E-state index contributed by atoms with van der Waals surface area (Å²) in [5.74, 6) is 0. The van der Waals surface area contributed by atoms with Crippen LogP contribution in [0.1, 0.15) is 27.2 Å². The third-order valence-corrected chi connectivity index (χ3v) is 4.12. The fourth-order valence-corrected chi connectivity index (χ4v) is 3.22. The molecule has 0 aliphatic carbocycles. The molecule has 4 N–H and O–H groups in total. The smallest absolute Gasteiger partial charge is 0.383 e. The molecule has 0 amide bonds. The number of hydrogen-bond acceptors (Lipinski definition) is 4. The first-order valence-corrected chi connectivity index (χ1v) is 6.50. The van der Waals surface area contributed by atoms with Crippen molar-refractivity contribution in [2.24, 2.45) is 11.1 Å². The van der Waals surface area contributed by atoms with Crippen LogP contribution in [-0.4, -0.2) is 21.6 Å². The van der Waals surface area contributed by atoms with Gasteiger partial charge < -0.3 is 20.0 Å². The Bertz CT molecular complexity index is 116. The zero-order valence-electron chi connectivity index (χ0n) is 8.17. The van der Waals surface area contributed by atoms with Gasteiger partial charge >= 0.3 is 8.72 Å². The zero-order valence-corrected chi connectivity index (χ0v) is 9.17. The molecule has 0 fully saturated rings. The van der Waals surface area contributed by atoms with E-state index in [0.717, 1.165) is 12.5 Å². The minimum Gasteiger partial charge on any atom is -0.383 e. The Hall–Kier alpha value is 0.0569. The van der Waals surface area contributed by atoms with Crippen molar-refractivity contribution in [3.05, 3.63) is 0 Å². The Balaban J connectivity index is 3.98. The molecular formula is C7H20N2O2Si. The average Bonchev–Trinajstić information content (AvgIpc) is 1.85. The standard InChI is InChI=1S/C7H20N2O2Si/c1-4-6-12(9,10-5-2)11-7(3)8/h7H,4-6,8-9H2,1-3H3. The summed E-state index contributed by atoms with van der Waals surface area (Å²) in [7, 11) is -2.44. The number of rotatable bonds is 6. The van der Waals surface area contributed by atoms with E-state index in [4.69, 9.17) is 20.0 Å². The van der Waals surface area contributed by atoms with E-state index >= 15 is 0 Å². The van der Waals surface area contributed by atoms with Gasteiger partial charge in [-0.25, -0.2) is 0 Å². The molecule has 2 unspecified atom stereocenters. The molecule has 0 saturated heterocycles. The van der Waals surface area contributed by atoms with E-state index in [0.29, 0.717) is 6.61 Å². The summed E-state index contributed by atoms with van der Waals surface area (Å²) >= 11 is 0. The van der Waals surface area contributed by atoms with Gasteiger partial charge in [-0.3, -0.25) is 0 Å². The highest BCUT2D eigenvalue weighted by Crippen LogP contribution is 2.10. The van der Waals surface area contributed by atoms with Crippen LogP contribution >= 0.6 is 0 Å². The maximum atomic E-state index is 5.93. The molecule has 5 heteroatoms. The molecule has 0 aliphatic heterocycles. The second-order valence-corrected chi connectivity index (χ2v) is 5.47. The lowest BCUT2D eigenvalue weighted by Gasteiger charge is -2.26. The lowest BCUT2D eigenvalue weighted by atomic mass is 10.6. The van der Waals surface area contributed by atoms with Gasteiger partial charge in [0.2, 0.25) is 0 Å². The molecule has 4 nitrogen and oxygen atoms in total. The first kappa shape index (κ1) is 12.1. The van der Waals surface area contributed by atoms with Crippen molar-refractivity contribution < 1.29 is 8.85 Å². The summed E-state index contributed by atoms with van der Waals surface area (Å²) in [6, 6.07) is 0.794. The van der Waals surface area contributed by atoms with Crippen molar-refractivity contribution in [2.75, 3.05) is 6.61 Å². The van der Waals surface area contributed by atoms with Gasteiger partial charge in [0.25, 0.3) is 0 Å². The summed E-state index contributed by atoms with van der Waals surface area (Å²) in [5.41, 5.74) is 5.49. The Morgan fingerprint density at radius 1 is 1.42 bits per heavy atom. The van der Waals surface area contributed by atoms with Gasteiger partial charge in [0.05, 0.1) is 6.23 Å². The maximum Gasteiger partial charge on any atom is 0.423 e. The van der Waals surface area contributed by atoms with E-state index in [-0.39, 0.29) is 6.23 Å². The van der Waals surface area contributed by atoms with E-state index in [2.05, 4.69) is 6.92 Å². The molecule has 0 spiro atoms. The zero-order chi connectivity index (χ0) is 9.61. The normalized spacial score (nSPS) is 18.8. The van der Waals surface area contributed by atoms with Crippen LogP contribution in [0.4, 0.5) is 0 Å². The molecule has 12 heavy (non-hydrogen) atoms. The maximum absolute atomic E-state index is 5.93. The van der Waals surface area contributed by atoms with Gasteiger partial charge in [0.1, 0.15) is 0 Å². The molecule has 0 aromatic rings. The minimum atomic E-state index is -2.44. The average molecular weight is 192 g/mol. The van der Waals surface area contributed by atoms with Crippen LogP contribution in [0.15, 0.2) is 0 Å². The molecule has 2 atom stereocenters. The molecule has 0 aliphatic rings. The van der Waals surface area contributed by atoms with Gasteiger partial charge in [-0.1, -0.05) is 13.3 Å². The summed E-state index contributed by atoms with van der Waals surface area (Å²) in [6.45, 7) is 6.33. The van der Waals surface area contributed by atoms with E-state index in [9.17, 15) is 0 Å². The van der Waals surface area contributed by atoms with Crippen molar-refractivity contribution >= 4 is 8.72 Å². The summed E-state index contributed by atoms with van der Waals surface area (Å²) in [5, 5.41) is 5.93. The third kappa shape index (κ3) is 4.84. The van der Waals surface area contributed by atoms with Crippen molar-refractivity contribution in [3.63, 3.8) is 0 Å². The van der Waals surface area contributed by atoms with Crippen LogP contribution in [0.3, 0.4) is 0 Å². The third-order valence-electron chi connectivity index (χ3n) is 1.37. The molecule has 0 heterocycles. The quantitative estimate of drug-likeness (QED) is 0.479. The number of nitrogens with two attached hydrogens (primary N) is 2. The molecule has 0 bridgehead atoms. The van der Waals surface area contributed by atoms with Crippen LogP contribution in [0.5, 0.6) is 0 Å². The molecule has 0 rings (SSSR count). The lowest BCUT2D eigenvalue weighted by Crippen LogP contribution is -2.55. The van der Waals surface area contributed by atoms with Crippen LogP contribution < -0.4 is 11.1 Å². The first-order chi connectivity index (χ1) is 5.54. The second-order valence-electron chi connectivity index (χ2n) is 2.82. The monoisotopic (exact) mass is 192 g/mol. The van der Waals surface area contributed by atoms with Crippen LogP contribution in [0.25, 0.3) is 0 Å². The van der Waals surface area contributed by atoms with Crippen molar-refractivity contribution in [2.45, 2.75) is 39.5 Å².